The van der Waals surface area contributed by atoms with Gasteiger partial charge in [-0.05, 0) is 36.2 Å². The van der Waals surface area contributed by atoms with Crippen LogP contribution in [0.25, 0.3) is 0 Å². The molecule has 0 atom stereocenters. The van der Waals surface area contributed by atoms with Gasteiger partial charge in [0.2, 0.25) is 0 Å². The second-order valence-electron chi connectivity index (χ2n) is 6.47. The summed E-state index contributed by atoms with van der Waals surface area (Å²) in [6.07, 6.45) is 0.667. The number of benzene rings is 3. The molecule has 0 bridgehead atoms. The van der Waals surface area contributed by atoms with Gasteiger partial charge in [0.05, 0.1) is 11.6 Å². The van der Waals surface area contributed by atoms with Gasteiger partial charge < -0.3 is 19.4 Å². The van der Waals surface area contributed by atoms with Crippen molar-refractivity contribution < 1.29 is 22.1 Å². The van der Waals surface area contributed by atoms with Crippen LogP contribution in [-0.4, -0.2) is 27.7 Å². The number of hydrogen-bond acceptors (Lipinski definition) is 6. The zero-order valence-corrected chi connectivity index (χ0v) is 18.0. The molecule has 3 N–H and O–H groups in total. The van der Waals surface area contributed by atoms with E-state index in [1.165, 1.54) is 24.3 Å². The fourth-order valence-electron chi connectivity index (χ4n) is 2.64. The summed E-state index contributed by atoms with van der Waals surface area (Å²) in [7, 11) is -4.07. The smallest absolute Gasteiger partial charge is 0.340 e. The van der Waals surface area contributed by atoms with Crippen LogP contribution in [0.4, 0.5) is 0 Å². The summed E-state index contributed by atoms with van der Waals surface area (Å²) in [5.41, 5.74) is 7.15. The molecule has 0 saturated carbocycles. The molecule has 3 aromatic carbocycles. The summed E-state index contributed by atoms with van der Waals surface area (Å²) in [6, 6.07) is 19.7. The molecule has 0 amide bonds. The summed E-state index contributed by atoms with van der Waals surface area (Å²) in [4.78, 5) is -0.109. The van der Waals surface area contributed by atoms with Crippen molar-refractivity contribution in [2.75, 3.05) is 13.4 Å². The van der Waals surface area contributed by atoms with E-state index < -0.39 is 10.1 Å². The quantitative estimate of drug-likeness (QED) is 0.155. The highest BCUT2D eigenvalue weighted by atomic mass is 35.5. The molecule has 0 radical (unpaired) electrons. The van der Waals surface area contributed by atoms with E-state index in [1.807, 2.05) is 12.1 Å². The minimum absolute atomic E-state index is 0.00769. The molecule has 0 aromatic heterocycles. The van der Waals surface area contributed by atoms with Crippen LogP contribution in [0.5, 0.6) is 11.5 Å². The van der Waals surface area contributed by atoms with Crippen LogP contribution in [0.2, 0.25) is 5.02 Å². The molecular formula is C22H21ClN2O5S. The predicted octanol–water partition coefficient (Wildman–Crippen LogP) is 3.99. The number of halogens is 1. The van der Waals surface area contributed by atoms with Crippen LogP contribution in [0, 0.1) is 5.41 Å². The Balaban J connectivity index is 1.49. The Morgan fingerprint density at radius 3 is 2.39 bits per heavy atom. The summed E-state index contributed by atoms with van der Waals surface area (Å²) < 4.78 is 41.0. The molecule has 162 valence electrons. The van der Waals surface area contributed by atoms with E-state index in [9.17, 15) is 8.42 Å². The van der Waals surface area contributed by atoms with Crippen molar-refractivity contribution >= 4 is 27.6 Å². The third-order valence-corrected chi connectivity index (χ3v) is 5.97. The molecule has 31 heavy (non-hydrogen) atoms. The Bertz CT molecular complexity index is 1150. The maximum Gasteiger partial charge on any atom is 0.340 e. The van der Waals surface area contributed by atoms with E-state index in [0.29, 0.717) is 24.3 Å². The molecule has 0 aliphatic rings. The van der Waals surface area contributed by atoms with Crippen molar-refractivity contribution in [1.82, 2.24) is 0 Å². The minimum atomic E-state index is -4.07. The monoisotopic (exact) mass is 460 g/mol. The van der Waals surface area contributed by atoms with Crippen molar-refractivity contribution in [3.8, 4) is 11.5 Å². The number of nitrogens with one attached hydrogen (secondary N) is 1. The van der Waals surface area contributed by atoms with Gasteiger partial charge in [0.1, 0.15) is 22.2 Å². The van der Waals surface area contributed by atoms with E-state index in [2.05, 4.69) is 0 Å². The molecule has 9 heteroatoms. The molecular weight excluding hydrogens is 440 g/mol. The van der Waals surface area contributed by atoms with Gasteiger partial charge in [-0.3, -0.25) is 5.41 Å². The SMILES string of the molecule is N=C(N)c1ccc(CCOCOc2cccc(OS(=O)(=O)c3ccccc3Cl)c2)cc1. The molecule has 0 fully saturated rings. The van der Waals surface area contributed by atoms with Gasteiger partial charge in [0.25, 0.3) is 0 Å². The van der Waals surface area contributed by atoms with Crippen LogP contribution < -0.4 is 14.7 Å². The zero-order chi connectivity index (χ0) is 22.3. The average molecular weight is 461 g/mol. The fraction of sp³-hybridized carbons (Fsp3) is 0.136. The van der Waals surface area contributed by atoms with Crippen LogP contribution in [0.1, 0.15) is 11.1 Å². The Morgan fingerprint density at radius 2 is 1.68 bits per heavy atom. The number of nitrogen functional groups attached to an aromatic ring is 1. The van der Waals surface area contributed by atoms with Crippen LogP contribution in [-0.2, 0) is 21.3 Å². The Labute approximate surface area is 186 Å². The van der Waals surface area contributed by atoms with Gasteiger partial charge in [-0.25, -0.2) is 0 Å². The maximum atomic E-state index is 12.4. The Hall–Kier alpha value is -3.07. The number of nitrogens with two attached hydrogens (primary N) is 1. The normalized spacial score (nSPS) is 11.1. The van der Waals surface area contributed by atoms with E-state index in [4.69, 9.17) is 36.4 Å². The lowest BCUT2D eigenvalue weighted by molar-refractivity contribution is 0.0168. The molecule has 0 unspecified atom stereocenters. The highest BCUT2D eigenvalue weighted by molar-refractivity contribution is 7.87. The molecule has 3 aromatic rings. The first-order chi connectivity index (χ1) is 14.8. The Morgan fingerprint density at radius 1 is 0.968 bits per heavy atom. The lowest BCUT2D eigenvalue weighted by Gasteiger charge is -2.11. The summed E-state index contributed by atoms with van der Waals surface area (Å²) >= 11 is 5.95. The summed E-state index contributed by atoms with van der Waals surface area (Å²) in [5.74, 6) is 0.530. The first kappa shape index (κ1) is 22.6. The number of rotatable bonds is 10. The summed E-state index contributed by atoms with van der Waals surface area (Å²) in [5, 5.41) is 7.47. The van der Waals surface area contributed by atoms with E-state index in [1.54, 1.807) is 36.4 Å². The lowest BCUT2D eigenvalue weighted by Crippen LogP contribution is -2.11. The van der Waals surface area contributed by atoms with E-state index >= 15 is 0 Å². The molecule has 0 heterocycles. The van der Waals surface area contributed by atoms with Crippen molar-refractivity contribution in [2.45, 2.75) is 11.3 Å². The zero-order valence-electron chi connectivity index (χ0n) is 16.5. The van der Waals surface area contributed by atoms with Gasteiger partial charge in [-0.1, -0.05) is 54.1 Å². The molecule has 0 aliphatic carbocycles. The van der Waals surface area contributed by atoms with Gasteiger partial charge in [0, 0.05) is 11.6 Å². The number of ether oxygens (including phenoxy) is 2. The maximum absolute atomic E-state index is 12.4. The van der Waals surface area contributed by atoms with E-state index in [-0.39, 0.29) is 28.3 Å². The second kappa shape index (κ2) is 10.3. The van der Waals surface area contributed by atoms with Crippen LogP contribution >= 0.6 is 11.6 Å². The van der Waals surface area contributed by atoms with Gasteiger partial charge in [-0.2, -0.15) is 8.42 Å². The van der Waals surface area contributed by atoms with Crippen molar-refractivity contribution in [2.24, 2.45) is 5.73 Å². The van der Waals surface area contributed by atoms with Gasteiger partial charge in [0.15, 0.2) is 6.79 Å². The topological polar surface area (TPSA) is 112 Å². The standard InChI is InChI=1S/C22H21ClN2O5S/c23-20-6-1-2-7-21(20)31(26,27)30-19-5-3-4-18(14-19)29-15-28-13-12-16-8-10-17(11-9-16)22(24)25/h1-11,14H,12-13,15H2,(H3,24,25). The molecule has 0 aliphatic heterocycles. The van der Waals surface area contributed by atoms with Gasteiger partial charge in [-0.15, -0.1) is 0 Å². The minimum Gasteiger partial charge on any atom is -0.467 e. The predicted molar refractivity (Wildman–Crippen MR) is 118 cm³/mol. The highest BCUT2D eigenvalue weighted by Crippen LogP contribution is 2.26. The van der Waals surface area contributed by atoms with Crippen molar-refractivity contribution in [3.63, 3.8) is 0 Å². The van der Waals surface area contributed by atoms with Crippen LogP contribution in [0.3, 0.4) is 0 Å². The van der Waals surface area contributed by atoms with Crippen LogP contribution in [0.15, 0.2) is 77.7 Å². The third kappa shape index (κ3) is 6.45. The second-order valence-corrected chi connectivity index (χ2v) is 8.40. The average Bonchev–Trinajstić information content (AvgIpc) is 2.74. The molecule has 0 spiro atoms. The third-order valence-electron chi connectivity index (χ3n) is 4.23. The first-order valence-corrected chi connectivity index (χ1v) is 11.1. The lowest BCUT2D eigenvalue weighted by atomic mass is 10.1. The van der Waals surface area contributed by atoms with E-state index in [0.717, 1.165) is 5.56 Å². The number of hydrogen-bond donors (Lipinski definition) is 2. The number of amidine groups is 1. The fourth-order valence-corrected chi connectivity index (χ4v) is 4.06. The highest BCUT2D eigenvalue weighted by Gasteiger charge is 2.20. The largest absolute Gasteiger partial charge is 0.467 e. The Kier molecular flexibility index (Phi) is 7.51. The summed E-state index contributed by atoms with van der Waals surface area (Å²) in [6.45, 7) is 0.419. The molecule has 7 nitrogen and oxygen atoms in total. The first-order valence-electron chi connectivity index (χ1n) is 9.28. The molecule has 3 rings (SSSR count). The molecule has 0 saturated heterocycles. The van der Waals surface area contributed by atoms with Gasteiger partial charge >= 0.3 is 10.1 Å². The van der Waals surface area contributed by atoms with Crippen molar-refractivity contribution in [1.29, 1.82) is 5.41 Å². The van der Waals surface area contributed by atoms with Crippen molar-refractivity contribution in [3.05, 3.63) is 88.9 Å².